The summed E-state index contributed by atoms with van der Waals surface area (Å²) < 4.78 is 7.67. The number of para-hydroxylation sites is 1. The van der Waals surface area contributed by atoms with Crippen molar-refractivity contribution in [2.24, 2.45) is 0 Å². The lowest BCUT2D eigenvalue weighted by atomic mass is 10.1. The highest BCUT2D eigenvalue weighted by atomic mass is 79.9. The molecule has 0 aliphatic heterocycles. The van der Waals surface area contributed by atoms with Crippen molar-refractivity contribution >= 4 is 32.9 Å². The Hall–Kier alpha value is -1.80. The molecule has 5 heteroatoms. The molecule has 0 aliphatic carbocycles. The third-order valence-electron chi connectivity index (χ3n) is 2.85. The molecule has 0 unspecified atom stereocenters. The van der Waals surface area contributed by atoms with Crippen molar-refractivity contribution in [2.75, 3.05) is 0 Å². The molecule has 0 saturated heterocycles. The van der Waals surface area contributed by atoms with Gasteiger partial charge >= 0.3 is 6.09 Å². The fourth-order valence-electron chi connectivity index (χ4n) is 2.05. The van der Waals surface area contributed by atoms with Crippen molar-refractivity contribution in [2.45, 2.75) is 33.3 Å². The average molecular weight is 335 g/mol. The number of hydrogen-bond donors (Lipinski definition) is 0. The average Bonchev–Trinajstić information content (AvgIpc) is 2.60. The van der Waals surface area contributed by atoms with Crippen LogP contribution >= 0.6 is 15.9 Å². The normalized spacial score (nSPS) is 11.4. The number of carbonyl (C=O) groups is 1. The summed E-state index contributed by atoms with van der Waals surface area (Å²) in [6.07, 6.45) is -0.478. The van der Waals surface area contributed by atoms with Crippen LogP contribution in [-0.2, 0) is 4.74 Å². The molecule has 1 heterocycles. The second-order valence-electron chi connectivity index (χ2n) is 5.53. The summed E-state index contributed by atoms with van der Waals surface area (Å²) in [5, 5.41) is 10.1. The van der Waals surface area contributed by atoms with Gasteiger partial charge in [-0.15, -0.1) is 0 Å². The Morgan fingerprint density at radius 1 is 1.40 bits per heavy atom. The van der Waals surface area contributed by atoms with E-state index in [1.54, 1.807) is 12.1 Å². The molecule has 2 aromatic rings. The second-order valence-corrected chi connectivity index (χ2v) is 6.32. The first-order valence-electron chi connectivity index (χ1n) is 6.19. The van der Waals surface area contributed by atoms with Gasteiger partial charge in [-0.2, -0.15) is 5.26 Å². The fraction of sp³-hybridized carbons (Fsp3) is 0.333. The molecule has 104 valence electrons. The Bertz CT molecular complexity index is 733. The van der Waals surface area contributed by atoms with Gasteiger partial charge in [0.05, 0.1) is 11.1 Å². The lowest BCUT2D eigenvalue weighted by Crippen LogP contribution is -2.27. The number of halogens is 1. The van der Waals surface area contributed by atoms with Crippen molar-refractivity contribution in [3.63, 3.8) is 0 Å². The van der Waals surface area contributed by atoms with Crippen molar-refractivity contribution < 1.29 is 9.53 Å². The van der Waals surface area contributed by atoms with Crippen LogP contribution in [0.2, 0.25) is 0 Å². The van der Waals surface area contributed by atoms with Crippen LogP contribution in [0, 0.1) is 18.3 Å². The Kier molecular flexibility index (Phi) is 3.61. The zero-order chi connectivity index (χ0) is 15.1. The molecule has 0 N–H and O–H groups in total. The minimum atomic E-state index is -0.589. The van der Waals surface area contributed by atoms with Crippen LogP contribution in [-0.4, -0.2) is 16.3 Å². The minimum Gasteiger partial charge on any atom is -0.443 e. The smallest absolute Gasteiger partial charge is 0.419 e. The standard InChI is InChI=1S/C15H15BrN2O2/c1-9-12(16)11-7-5-6-10(8-17)13(11)18(9)14(19)20-15(2,3)4/h5-7H,1-4H3. The minimum absolute atomic E-state index is 0.446. The number of benzene rings is 1. The van der Waals surface area contributed by atoms with Gasteiger partial charge in [-0.3, -0.25) is 0 Å². The van der Waals surface area contributed by atoms with Crippen molar-refractivity contribution in [3.05, 3.63) is 33.9 Å². The maximum absolute atomic E-state index is 12.4. The van der Waals surface area contributed by atoms with Crippen LogP contribution < -0.4 is 0 Å². The number of nitriles is 1. The summed E-state index contributed by atoms with van der Waals surface area (Å²) in [5.74, 6) is 0. The van der Waals surface area contributed by atoms with E-state index in [0.29, 0.717) is 11.1 Å². The summed E-state index contributed by atoms with van der Waals surface area (Å²) in [6, 6.07) is 7.47. The molecule has 2 rings (SSSR count). The topological polar surface area (TPSA) is 55.0 Å². The monoisotopic (exact) mass is 334 g/mol. The molecule has 0 atom stereocenters. The molecule has 0 saturated carbocycles. The highest BCUT2D eigenvalue weighted by molar-refractivity contribution is 9.10. The van der Waals surface area contributed by atoms with E-state index in [1.807, 2.05) is 33.8 Å². The van der Waals surface area contributed by atoms with Gasteiger partial charge in [-0.05, 0) is 49.7 Å². The maximum atomic E-state index is 12.4. The number of fused-ring (bicyclic) bond motifs is 1. The number of rotatable bonds is 0. The number of carbonyl (C=O) groups excluding carboxylic acids is 1. The van der Waals surface area contributed by atoms with Crippen molar-refractivity contribution in [3.8, 4) is 6.07 Å². The van der Waals surface area contributed by atoms with Crippen LogP contribution in [0.3, 0.4) is 0 Å². The van der Waals surface area contributed by atoms with Gasteiger partial charge in [-0.1, -0.05) is 12.1 Å². The Balaban J connectivity index is 2.73. The number of ether oxygens (including phenoxy) is 1. The predicted octanol–water partition coefficient (Wildman–Crippen LogP) is 4.37. The Morgan fingerprint density at radius 3 is 2.60 bits per heavy atom. The third kappa shape index (κ3) is 2.44. The molecule has 20 heavy (non-hydrogen) atoms. The van der Waals surface area contributed by atoms with E-state index in [-0.39, 0.29) is 0 Å². The zero-order valence-corrected chi connectivity index (χ0v) is 13.4. The quantitative estimate of drug-likeness (QED) is 0.718. The summed E-state index contributed by atoms with van der Waals surface area (Å²) in [5.41, 5.74) is 1.15. The van der Waals surface area contributed by atoms with Gasteiger partial charge in [0, 0.05) is 15.6 Å². The first-order valence-corrected chi connectivity index (χ1v) is 6.98. The fourth-order valence-corrected chi connectivity index (χ4v) is 2.55. The molecule has 0 fully saturated rings. The highest BCUT2D eigenvalue weighted by Crippen LogP contribution is 2.33. The van der Waals surface area contributed by atoms with E-state index in [2.05, 4.69) is 22.0 Å². The molecule has 0 bridgehead atoms. The number of aromatic nitrogens is 1. The van der Waals surface area contributed by atoms with Gasteiger partial charge in [-0.25, -0.2) is 9.36 Å². The van der Waals surface area contributed by atoms with E-state index in [9.17, 15) is 10.1 Å². The zero-order valence-electron chi connectivity index (χ0n) is 11.8. The molecule has 0 radical (unpaired) electrons. The number of nitrogens with zero attached hydrogens (tertiary/aromatic N) is 2. The van der Waals surface area contributed by atoms with E-state index in [4.69, 9.17) is 4.74 Å². The molecule has 0 amide bonds. The Labute approximate surface area is 126 Å². The number of hydrogen-bond acceptors (Lipinski definition) is 3. The van der Waals surface area contributed by atoms with Gasteiger partial charge < -0.3 is 4.74 Å². The van der Waals surface area contributed by atoms with Crippen LogP contribution in [0.15, 0.2) is 22.7 Å². The predicted molar refractivity (Wildman–Crippen MR) is 80.7 cm³/mol. The molecule has 0 aliphatic rings. The maximum Gasteiger partial charge on any atom is 0.419 e. The van der Waals surface area contributed by atoms with Crippen molar-refractivity contribution in [1.82, 2.24) is 4.57 Å². The summed E-state index contributed by atoms with van der Waals surface area (Å²) >= 11 is 3.47. The van der Waals surface area contributed by atoms with Crippen LogP contribution in [0.4, 0.5) is 4.79 Å². The first kappa shape index (κ1) is 14.6. The van der Waals surface area contributed by atoms with Crippen LogP contribution in [0.5, 0.6) is 0 Å². The van der Waals surface area contributed by atoms with Crippen molar-refractivity contribution in [1.29, 1.82) is 5.26 Å². The third-order valence-corrected chi connectivity index (χ3v) is 3.85. The van der Waals surface area contributed by atoms with E-state index < -0.39 is 11.7 Å². The summed E-state index contributed by atoms with van der Waals surface area (Å²) in [6.45, 7) is 7.25. The van der Waals surface area contributed by atoms with Crippen LogP contribution in [0.25, 0.3) is 10.9 Å². The first-order chi connectivity index (χ1) is 9.26. The molecular weight excluding hydrogens is 320 g/mol. The lowest BCUT2D eigenvalue weighted by Gasteiger charge is -2.20. The van der Waals surface area contributed by atoms with E-state index in [1.165, 1.54) is 4.57 Å². The van der Waals surface area contributed by atoms with E-state index >= 15 is 0 Å². The van der Waals surface area contributed by atoms with Crippen LogP contribution in [0.1, 0.15) is 32.0 Å². The highest BCUT2D eigenvalue weighted by Gasteiger charge is 2.24. The molecular formula is C15H15BrN2O2. The van der Waals surface area contributed by atoms with Gasteiger partial charge in [0.2, 0.25) is 0 Å². The van der Waals surface area contributed by atoms with E-state index in [0.717, 1.165) is 15.6 Å². The molecule has 1 aromatic carbocycles. The van der Waals surface area contributed by atoms with Gasteiger partial charge in [0.25, 0.3) is 0 Å². The Morgan fingerprint density at radius 2 is 2.05 bits per heavy atom. The molecule has 0 spiro atoms. The molecule has 4 nitrogen and oxygen atoms in total. The lowest BCUT2D eigenvalue weighted by molar-refractivity contribution is 0.0541. The largest absolute Gasteiger partial charge is 0.443 e. The van der Waals surface area contributed by atoms with Gasteiger partial charge in [0.15, 0.2) is 0 Å². The second kappa shape index (κ2) is 4.95. The summed E-state index contributed by atoms with van der Waals surface area (Å²) in [7, 11) is 0. The molecule has 1 aromatic heterocycles. The summed E-state index contributed by atoms with van der Waals surface area (Å²) in [4.78, 5) is 12.4. The van der Waals surface area contributed by atoms with Gasteiger partial charge in [0.1, 0.15) is 11.7 Å². The SMILES string of the molecule is Cc1c(Br)c2cccc(C#N)c2n1C(=O)OC(C)(C)C.